The van der Waals surface area contributed by atoms with Crippen molar-refractivity contribution in [1.82, 2.24) is 0 Å². The number of carbonyl (C=O) groups excluding carboxylic acids is 2. The van der Waals surface area contributed by atoms with E-state index in [0.717, 1.165) is 18.2 Å². The molecule has 0 spiro atoms. The van der Waals surface area contributed by atoms with Crippen LogP contribution in [0.4, 0.5) is 15.8 Å². The first-order valence-electron chi connectivity index (χ1n) is 11.1. The number of ketones is 2. The molecular weight excluding hydrogens is 459 g/mol. The van der Waals surface area contributed by atoms with Gasteiger partial charge < -0.3 is 20.0 Å². The van der Waals surface area contributed by atoms with E-state index in [1.807, 2.05) is 0 Å². The number of quaternary nitrogens is 2. The molecule has 0 amide bonds. The van der Waals surface area contributed by atoms with Crippen LogP contribution in [0.25, 0.3) is 0 Å². The maximum absolute atomic E-state index is 15.6. The monoisotopic (exact) mass is 492 g/mol. The van der Waals surface area contributed by atoms with Gasteiger partial charge in [-0.15, -0.1) is 0 Å². The van der Waals surface area contributed by atoms with Crippen molar-refractivity contribution in [2.45, 2.75) is 0 Å². The number of fused-ring (bicyclic) bond motifs is 2. The highest BCUT2D eigenvalue weighted by atomic mass is 19.1. The SMILES string of the molecule is CN(CC[N+](C)(C)O)c1cc(F)c(N(C)CC[N+](C)(C)O)c2c1C(=O)c1c(O)ccc(O)c1C2=O. The summed E-state index contributed by atoms with van der Waals surface area (Å²) in [4.78, 5) is 30.3. The van der Waals surface area contributed by atoms with E-state index >= 15 is 4.39 Å². The maximum Gasteiger partial charge on any atom is 0.200 e. The van der Waals surface area contributed by atoms with Crippen molar-refractivity contribution in [2.75, 3.05) is 78.3 Å². The van der Waals surface area contributed by atoms with Crippen LogP contribution in [-0.4, -0.2) is 110 Å². The van der Waals surface area contributed by atoms with E-state index in [-0.39, 0.29) is 64.5 Å². The molecule has 0 heterocycles. The molecule has 0 atom stereocenters. The first kappa shape index (κ1) is 26.4. The fraction of sp³-hybridized carbons (Fsp3) is 0.417. The van der Waals surface area contributed by atoms with Crippen LogP contribution in [0, 0.1) is 5.82 Å². The number of halogens is 1. The topological polar surface area (TPSA) is 122 Å². The van der Waals surface area contributed by atoms with E-state index in [9.17, 15) is 30.2 Å². The number of benzene rings is 2. The largest absolute Gasteiger partial charge is 0.507 e. The molecule has 0 saturated heterocycles. The summed E-state index contributed by atoms with van der Waals surface area (Å²) < 4.78 is 14.9. The summed E-state index contributed by atoms with van der Waals surface area (Å²) in [5, 5.41) is 40.9. The van der Waals surface area contributed by atoms with Crippen molar-refractivity contribution in [3.63, 3.8) is 0 Å². The van der Waals surface area contributed by atoms with Crippen LogP contribution in [0.5, 0.6) is 11.5 Å². The highest BCUT2D eigenvalue weighted by Gasteiger charge is 2.40. The van der Waals surface area contributed by atoms with Crippen molar-refractivity contribution in [1.29, 1.82) is 0 Å². The summed E-state index contributed by atoms with van der Waals surface area (Å²) in [6.07, 6.45) is 0. The third-order valence-electron chi connectivity index (χ3n) is 6.06. The molecule has 35 heavy (non-hydrogen) atoms. The Morgan fingerprint density at radius 3 is 1.66 bits per heavy atom. The Bertz CT molecular complexity index is 1190. The lowest BCUT2D eigenvalue weighted by Crippen LogP contribution is -2.43. The summed E-state index contributed by atoms with van der Waals surface area (Å²) in [7, 11) is 9.37. The molecule has 2 aromatic rings. The standard InChI is InChI=1S/C24H31FN4O6/c1-26(9-11-28(3,4)34)15-13-14(25)22(27(2)10-12-29(5,6)35)21-18(15)23(32)19-16(30)7-8-17(31)20(19)24(21)33/h7-8,13,34-35H,9-12H2,1-6H3/p+2. The number of nitrogens with zero attached hydrogens (tertiary/aromatic N) is 4. The van der Waals surface area contributed by atoms with E-state index in [2.05, 4.69) is 0 Å². The maximum atomic E-state index is 15.6. The average Bonchev–Trinajstić information content (AvgIpc) is 2.73. The van der Waals surface area contributed by atoms with Crippen LogP contribution in [-0.2, 0) is 0 Å². The van der Waals surface area contributed by atoms with Gasteiger partial charge in [0, 0.05) is 20.2 Å². The first-order valence-corrected chi connectivity index (χ1v) is 11.1. The van der Waals surface area contributed by atoms with Crippen LogP contribution >= 0.6 is 0 Å². The normalized spacial score (nSPS) is 13.5. The van der Waals surface area contributed by atoms with Crippen molar-refractivity contribution in [3.8, 4) is 11.5 Å². The van der Waals surface area contributed by atoms with Crippen LogP contribution < -0.4 is 9.80 Å². The quantitative estimate of drug-likeness (QED) is 0.213. The van der Waals surface area contributed by atoms with E-state index in [1.54, 1.807) is 47.2 Å². The number of hydrogen-bond acceptors (Lipinski definition) is 8. The molecule has 1 aliphatic rings. The third-order valence-corrected chi connectivity index (χ3v) is 6.06. The molecule has 0 saturated carbocycles. The fourth-order valence-electron chi connectivity index (χ4n) is 4.06. The Hall–Kier alpha value is -3.25. The smallest absolute Gasteiger partial charge is 0.200 e. The molecule has 0 radical (unpaired) electrons. The van der Waals surface area contributed by atoms with Crippen LogP contribution in [0.2, 0.25) is 0 Å². The number of likely N-dealkylation sites (N-methyl/N-ethyl adjacent to an activating group) is 4. The molecule has 10 nitrogen and oxygen atoms in total. The second kappa shape index (κ2) is 9.08. The lowest BCUT2D eigenvalue weighted by Gasteiger charge is -2.32. The van der Waals surface area contributed by atoms with Crippen LogP contribution in [0.15, 0.2) is 18.2 Å². The minimum Gasteiger partial charge on any atom is -0.507 e. The van der Waals surface area contributed by atoms with E-state index in [0.29, 0.717) is 0 Å². The number of hydrogen-bond donors (Lipinski definition) is 4. The van der Waals surface area contributed by atoms with Gasteiger partial charge in [-0.2, -0.15) is 9.29 Å². The van der Waals surface area contributed by atoms with E-state index in [1.165, 1.54) is 4.90 Å². The van der Waals surface area contributed by atoms with Gasteiger partial charge in [-0.1, -0.05) is 0 Å². The number of carbonyl (C=O) groups is 2. The second-order valence-electron chi connectivity index (χ2n) is 10.0. The van der Waals surface area contributed by atoms with Gasteiger partial charge in [0.2, 0.25) is 11.6 Å². The molecule has 1 aliphatic carbocycles. The van der Waals surface area contributed by atoms with Crippen molar-refractivity contribution < 1.29 is 43.9 Å². The molecule has 0 fully saturated rings. The fourth-order valence-corrected chi connectivity index (χ4v) is 4.06. The predicted molar refractivity (Wildman–Crippen MR) is 127 cm³/mol. The number of rotatable bonds is 8. The minimum absolute atomic E-state index is 0.102. The highest BCUT2D eigenvalue weighted by molar-refractivity contribution is 6.33. The molecule has 0 bridgehead atoms. The van der Waals surface area contributed by atoms with Crippen molar-refractivity contribution in [3.05, 3.63) is 46.3 Å². The molecular formula is C24H33FN4O6+2. The van der Waals surface area contributed by atoms with Crippen molar-refractivity contribution in [2.24, 2.45) is 0 Å². The summed E-state index contributed by atoms with van der Waals surface area (Å²) in [6, 6.07) is 3.38. The summed E-state index contributed by atoms with van der Waals surface area (Å²) in [6.45, 7) is 0.809. The molecule has 0 unspecified atom stereocenters. The van der Waals surface area contributed by atoms with E-state index < -0.39 is 33.5 Å². The summed E-state index contributed by atoms with van der Waals surface area (Å²) >= 11 is 0. The Kier molecular flexibility index (Phi) is 6.84. The Balaban J connectivity index is 2.26. The lowest BCUT2D eigenvalue weighted by molar-refractivity contribution is -1.07. The number of phenols is 2. The van der Waals surface area contributed by atoms with Crippen LogP contribution in [0.3, 0.4) is 0 Å². The molecule has 4 N–H and O–H groups in total. The zero-order chi connectivity index (χ0) is 26.5. The lowest BCUT2D eigenvalue weighted by atomic mass is 9.80. The average molecular weight is 493 g/mol. The zero-order valence-electron chi connectivity index (χ0n) is 20.8. The molecule has 190 valence electrons. The molecule has 2 aromatic carbocycles. The number of anilines is 2. The molecule has 11 heteroatoms. The first-order chi connectivity index (χ1) is 16.0. The number of hydroxylamine groups is 6. The van der Waals surface area contributed by atoms with Gasteiger partial charge in [-0.3, -0.25) is 9.59 Å². The zero-order valence-corrected chi connectivity index (χ0v) is 20.8. The molecule has 0 aromatic heterocycles. The highest BCUT2D eigenvalue weighted by Crippen LogP contribution is 2.44. The third kappa shape index (κ3) is 5.22. The summed E-state index contributed by atoms with van der Waals surface area (Å²) in [5.74, 6) is -3.26. The molecule has 0 aliphatic heterocycles. The van der Waals surface area contributed by atoms with Crippen LogP contribution in [0.1, 0.15) is 31.8 Å². The van der Waals surface area contributed by atoms with Crippen molar-refractivity contribution >= 4 is 22.9 Å². The molecule has 3 rings (SSSR count). The van der Waals surface area contributed by atoms with Gasteiger partial charge in [-0.25, -0.2) is 14.8 Å². The van der Waals surface area contributed by atoms with Gasteiger partial charge in [0.25, 0.3) is 0 Å². The number of aromatic hydroxyl groups is 2. The summed E-state index contributed by atoms with van der Waals surface area (Å²) in [5.41, 5.74) is -1.08. The van der Waals surface area contributed by atoms with Gasteiger partial charge in [-0.05, 0) is 12.1 Å². The van der Waals surface area contributed by atoms with Gasteiger partial charge in [0.1, 0.15) is 30.4 Å². The Labute approximate surface area is 203 Å². The minimum atomic E-state index is -0.796. The second-order valence-corrected chi connectivity index (χ2v) is 10.0. The Morgan fingerprint density at radius 1 is 0.771 bits per heavy atom. The van der Waals surface area contributed by atoms with E-state index in [4.69, 9.17) is 0 Å². The predicted octanol–water partition coefficient (Wildman–Crippen LogP) is 1.82. The Morgan fingerprint density at radius 2 is 1.20 bits per heavy atom. The van der Waals surface area contributed by atoms with Gasteiger partial charge in [0.15, 0.2) is 0 Å². The van der Waals surface area contributed by atoms with Gasteiger partial charge >= 0.3 is 0 Å². The number of phenolic OH excluding ortho intramolecular Hbond substituents is 2. The van der Waals surface area contributed by atoms with Gasteiger partial charge in [0.05, 0.1) is 74.9 Å².